The summed E-state index contributed by atoms with van der Waals surface area (Å²) in [7, 11) is 0. The maximum atomic E-state index is 13.0. The quantitative estimate of drug-likeness (QED) is 0.702. The number of rotatable bonds is 3. The van der Waals surface area contributed by atoms with Gasteiger partial charge in [0, 0.05) is 17.6 Å². The lowest BCUT2D eigenvalue weighted by molar-refractivity contribution is 0.0992. The number of fused-ring (bicyclic) bond motifs is 3. The molecular formula is C20H18N2OS. The van der Waals surface area contributed by atoms with Crippen LogP contribution in [0.5, 0.6) is 0 Å². The summed E-state index contributed by atoms with van der Waals surface area (Å²) in [5, 5.41) is 0. The highest BCUT2D eigenvalue weighted by Gasteiger charge is 2.24. The lowest BCUT2D eigenvalue weighted by Crippen LogP contribution is -2.30. The molecule has 1 aliphatic rings. The molecule has 4 rings (SSSR count). The molecule has 3 aromatic rings. The van der Waals surface area contributed by atoms with E-state index in [4.69, 9.17) is 0 Å². The standard InChI is InChI=1S/C20H18N2OS/c1-2-22(16-7-5-11-21-13-16)20(23)18-12-15-10-9-14-6-3-4-8-17(14)19(15)24-18/h3-8,11-13H,2,9-10H2,1H3. The SMILES string of the molecule is CCN(C(=O)c1cc2c(s1)-c1ccccc1CC2)c1cccnc1. The minimum Gasteiger partial charge on any atom is -0.306 e. The molecule has 4 heteroatoms. The Morgan fingerprint density at radius 2 is 2.00 bits per heavy atom. The third kappa shape index (κ3) is 2.53. The molecule has 1 aliphatic carbocycles. The number of aryl methyl sites for hydroxylation is 2. The van der Waals surface area contributed by atoms with Crippen molar-refractivity contribution in [1.29, 1.82) is 0 Å². The molecule has 3 nitrogen and oxygen atoms in total. The first-order valence-corrected chi connectivity index (χ1v) is 9.02. The van der Waals surface area contributed by atoms with Gasteiger partial charge in [0.2, 0.25) is 0 Å². The van der Waals surface area contributed by atoms with E-state index in [2.05, 4.69) is 35.3 Å². The van der Waals surface area contributed by atoms with E-state index in [9.17, 15) is 4.79 Å². The van der Waals surface area contributed by atoms with Crippen molar-refractivity contribution in [2.45, 2.75) is 19.8 Å². The van der Waals surface area contributed by atoms with Gasteiger partial charge in [-0.15, -0.1) is 11.3 Å². The first kappa shape index (κ1) is 15.1. The van der Waals surface area contributed by atoms with E-state index in [-0.39, 0.29) is 5.91 Å². The summed E-state index contributed by atoms with van der Waals surface area (Å²) in [4.78, 5) is 21.0. The molecule has 0 spiro atoms. The summed E-state index contributed by atoms with van der Waals surface area (Å²) in [6.07, 6.45) is 5.52. The van der Waals surface area contributed by atoms with Crippen LogP contribution in [-0.2, 0) is 12.8 Å². The molecule has 1 aromatic carbocycles. The van der Waals surface area contributed by atoms with Gasteiger partial charge in [0.1, 0.15) is 0 Å². The number of pyridine rings is 1. The van der Waals surface area contributed by atoms with Crippen LogP contribution in [0, 0.1) is 0 Å². The van der Waals surface area contributed by atoms with E-state index in [0.29, 0.717) is 6.54 Å². The number of amides is 1. The first-order chi connectivity index (χ1) is 11.8. The number of anilines is 1. The topological polar surface area (TPSA) is 33.2 Å². The maximum absolute atomic E-state index is 13.0. The second-order valence-electron chi connectivity index (χ2n) is 5.88. The van der Waals surface area contributed by atoms with Crippen molar-refractivity contribution in [3.8, 4) is 10.4 Å². The lowest BCUT2D eigenvalue weighted by atomic mass is 9.91. The third-order valence-electron chi connectivity index (χ3n) is 4.46. The van der Waals surface area contributed by atoms with E-state index >= 15 is 0 Å². The molecule has 2 heterocycles. The summed E-state index contributed by atoms with van der Waals surface area (Å²) in [6, 6.07) is 14.4. The predicted octanol–water partition coefficient (Wildman–Crippen LogP) is 4.58. The molecule has 0 radical (unpaired) electrons. The number of hydrogen-bond acceptors (Lipinski definition) is 3. The molecule has 0 bridgehead atoms. The minimum absolute atomic E-state index is 0.0578. The second kappa shape index (κ2) is 6.21. The molecule has 24 heavy (non-hydrogen) atoms. The summed E-state index contributed by atoms with van der Waals surface area (Å²) in [6.45, 7) is 2.62. The normalized spacial score (nSPS) is 12.4. The van der Waals surface area contributed by atoms with Crippen molar-refractivity contribution in [3.63, 3.8) is 0 Å². The van der Waals surface area contributed by atoms with Gasteiger partial charge in [0.25, 0.3) is 5.91 Å². The summed E-state index contributed by atoms with van der Waals surface area (Å²) < 4.78 is 0. The molecule has 0 atom stereocenters. The number of thiophene rings is 1. The Bertz CT molecular complexity index is 886. The smallest absolute Gasteiger partial charge is 0.268 e. The molecule has 0 unspecified atom stereocenters. The molecular weight excluding hydrogens is 316 g/mol. The van der Waals surface area contributed by atoms with Gasteiger partial charge in [0.15, 0.2) is 0 Å². The summed E-state index contributed by atoms with van der Waals surface area (Å²) in [5.74, 6) is 0.0578. The maximum Gasteiger partial charge on any atom is 0.268 e. The van der Waals surface area contributed by atoms with E-state index in [0.717, 1.165) is 23.4 Å². The molecule has 0 saturated heterocycles. The van der Waals surface area contributed by atoms with Crippen molar-refractivity contribution in [2.75, 3.05) is 11.4 Å². The van der Waals surface area contributed by atoms with Gasteiger partial charge < -0.3 is 4.90 Å². The minimum atomic E-state index is 0.0578. The number of benzene rings is 1. The Hall–Kier alpha value is -2.46. The average molecular weight is 334 g/mol. The highest BCUT2D eigenvalue weighted by molar-refractivity contribution is 7.17. The third-order valence-corrected chi connectivity index (χ3v) is 5.66. The molecule has 0 fully saturated rings. The van der Waals surface area contributed by atoms with Crippen LogP contribution >= 0.6 is 11.3 Å². The monoisotopic (exact) mass is 334 g/mol. The Morgan fingerprint density at radius 1 is 1.17 bits per heavy atom. The Kier molecular flexibility index (Phi) is 3.90. The molecule has 0 aliphatic heterocycles. The summed E-state index contributed by atoms with van der Waals surface area (Å²) >= 11 is 1.61. The van der Waals surface area contributed by atoms with Gasteiger partial charge in [-0.3, -0.25) is 9.78 Å². The zero-order chi connectivity index (χ0) is 16.5. The summed E-state index contributed by atoms with van der Waals surface area (Å²) in [5.41, 5.74) is 4.80. The fraction of sp³-hybridized carbons (Fsp3) is 0.200. The van der Waals surface area contributed by atoms with Gasteiger partial charge in [-0.25, -0.2) is 0 Å². The predicted molar refractivity (Wildman–Crippen MR) is 98.8 cm³/mol. The van der Waals surface area contributed by atoms with Crippen molar-refractivity contribution in [1.82, 2.24) is 4.98 Å². The highest BCUT2D eigenvalue weighted by Crippen LogP contribution is 2.40. The van der Waals surface area contributed by atoms with Crippen LogP contribution in [0.4, 0.5) is 5.69 Å². The van der Waals surface area contributed by atoms with Crippen molar-refractivity contribution < 1.29 is 4.79 Å². The molecule has 0 N–H and O–H groups in total. The van der Waals surface area contributed by atoms with Crippen LogP contribution in [0.2, 0.25) is 0 Å². The number of carbonyl (C=O) groups is 1. The van der Waals surface area contributed by atoms with Gasteiger partial charge in [-0.05, 0) is 54.7 Å². The number of aromatic nitrogens is 1. The van der Waals surface area contributed by atoms with Crippen LogP contribution in [0.25, 0.3) is 10.4 Å². The van der Waals surface area contributed by atoms with E-state index < -0.39 is 0 Å². The van der Waals surface area contributed by atoms with E-state index in [1.807, 2.05) is 19.1 Å². The zero-order valence-electron chi connectivity index (χ0n) is 13.5. The van der Waals surface area contributed by atoms with Crippen LogP contribution < -0.4 is 4.90 Å². The number of hydrogen-bond donors (Lipinski definition) is 0. The highest BCUT2D eigenvalue weighted by atomic mass is 32.1. The Labute approximate surface area is 145 Å². The van der Waals surface area contributed by atoms with Crippen molar-refractivity contribution in [2.24, 2.45) is 0 Å². The molecule has 120 valence electrons. The lowest BCUT2D eigenvalue weighted by Gasteiger charge is -2.19. The number of nitrogens with zero attached hydrogens (tertiary/aromatic N) is 2. The van der Waals surface area contributed by atoms with Gasteiger partial charge in [0.05, 0.1) is 16.8 Å². The van der Waals surface area contributed by atoms with E-state index in [1.54, 1.807) is 28.6 Å². The van der Waals surface area contributed by atoms with Gasteiger partial charge in [-0.1, -0.05) is 24.3 Å². The second-order valence-corrected chi connectivity index (χ2v) is 6.93. The Balaban J connectivity index is 1.71. The van der Waals surface area contributed by atoms with Crippen LogP contribution in [0.3, 0.4) is 0 Å². The molecule has 1 amide bonds. The Morgan fingerprint density at radius 3 is 2.79 bits per heavy atom. The fourth-order valence-corrected chi connectivity index (χ4v) is 4.49. The van der Waals surface area contributed by atoms with Gasteiger partial charge in [-0.2, -0.15) is 0 Å². The van der Waals surface area contributed by atoms with Crippen LogP contribution in [0.1, 0.15) is 27.7 Å². The molecule has 0 saturated carbocycles. The van der Waals surface area contributed by atoms with Crippen molar-refractivity contribution in [3.05, 3.63) is 70.9 Å². The van der Waals surface area contributed by atoms with E-state index in [1.165, 1.54) is 21.6 Å². The zero-order valence-corrected chi connectivity index (χ0v) is 14.3. The number of carbonyl (C=O) groups excluding carboxylic acids is 1. The van der Waals surface area contributed by atoms with Crippen LogP contribution in [-0.4, -0.2) is 17.4 Å². The van der Waals surface area contributed by atoms with Crippen LogP contribution in [0.15, 0.2) is 54.9 Å². The van der Waals surface area contributed by atoms with Gasteiger partial charge >= 0.3 is 0 Å². The largest absolute Gasteiger partial charge is 0.306 e. The fourth-order valence-electron chi connectivity index (χ4n) is 3.27. The van der Waals surface area contributed by atoms with Crippen molar-refractivity contribution >= 4 is 22.9 Å². The average Bonchev–Trinajstić information content (AvgIpc) is 3.08. The molecule has 2 aromatic heterocycles. The first-order valence-electron chi connectivity index (χ1n) is 8.21.